The van der Waals surface area contributed by atoms with Crippen molar-refractivity contribution in [1.29, 1.82) is 0 Å². The van der Waals surface area contributed by atoms with E-state index in [1.807, 2.05) is 31.3 Å². The number of hydrogen-bond acceptors (Lipinski definition) is 3. The van der Waals surface area contributed by atoms with Crippen LogP contribution in [0.5, 0.6) is 0 Å². The lowest BCUT2D eigenvalue weighted by atomic mass is 9.96. The maximum absolute atomic E-state index is 12.4. The number of furan rings is 1. The van der Waals surface area contributed by atoms with Crippen molar-refractivity contribution in [2.75, 3.05) is 6.54 Å². The maximum Gasteiger partial charge on any atom is 0.287 e. The van der Waals surface area contributed by atoms with Crippen molar-refractivity contribution in [1.82, 2.24) is 10.3 Å². The topological polar surface area (TPSA) is 58.0 Å². The maximum atomic E-state index is 12.4. The molecule has 1 amide bonds. The largest absolute Gasteiger partial charge is 0.456 e. The fourth-order valence-corrected chi connectivity index (χ4v) is 3.92. The molecule has 0 bridgehead atoms. The smallest absolute Gasteiger partial charge is 0.287 e. The summed E-state index contributed by atoms with van der Waals surface area (Å²) >= 11 is 1.70. The van der Waals surface area contributed by atoms with Crippen LogP contribution in [0.1, 0.15) is 32.7 Å². The number of H-pyrrole nitrogens is 1. The number of aromatic nitrogens is 1. The van der Waals surface area contributed by atoms with Crippen molar-refractivity contribution in [2.45, 2.75) is 12.8 Å². The summed E-state index contributed by atoms with van der Waals surface area (Å²) in [6.07, 6.45) is 2.04. The van der Waals surface area contributed by atoms with Crippen LogP contribution in [0, 0.1) is 6.92 Å². The van der Waals surface area contributed by atoms with Crippen molar-refractivity contribution in [2.24, 2.45) is 0 Å². The SMILES string of the molecule is Cc1ccc(C(=O)NC[C@@H](c2cccs2)c2c[nH]c3ccccc23)o1. The highest BCUT2D eigenvalue weighted by molar-refractivity contribution is 7.10. The summed E-state index contributed by atoms with van der Waals surface area (Å²) in [5.74, 6) is 0.989. The van der Waals surface area contributed by atoms with Gasteiger partial charge >= 0.3 is 0 Å². The Bertz CT molecular complexity index is 998. The fourth-order valence-electron chi connectivity index (χ4n) is 3.07. The second-order valence-corrected chi connectivity index (χ2v) is 6.96. The highest BCUT2D eigenvalue weighted by Crippen LogP contribution is 2.32. The summed E-state index contributed by atoms with van der Waals surface area (Å²) in [5.41, 5.74) is 2.29. The number of para-hydroxylation sites is 1. The monoisotopic (exact) mass is 350 g/mol. The first kappa shape index (κ1) is 15.7. The van der Waals surface area contributed by atoms with Gasteiger partial charge in [0.1, 0.15) is 5.76 Å². The minimum atomic E-state index is -0.186. The number of aryl methyl sites for hydroxylation is 1. The van der Waals surface area contributed by atoms with E-state index >= 15 is 0 Å². The minimum Gasteiger partial charge on any atom is -0.456 e. The van der Waals surface area contributed by atoms with E-state index in [0.29, 0.717) is 12.3 Å². The number of aromatic amines is 1. The molecule has 0 aliphatic heterocycles. The van der Waals surface area contributed by atoms with Gasteiger partial charge in [0, 0.05) is 34.4 Å². The molecule has 3 heterocycles. The van der Waals surface area contributed by atoms with Crippen molar-refractivity contribution in [3.05, 3.63) is 82.1 Å². The number of fused-ring (bicyclic) bond motifs is 1. The third-order valence-electron chi connectivity index (χ3n) is 4.31. The average molecular weight is 350 g/mol. The van der Waals surface area contributed by atoms with Gasteiger partial charge in [0.25, 0.3) is 5.91 Å². The number of hydrogen-bond donors (Lipinski definition) is 2. The van der Waals surface area contributed by atoms with Gasteiger partial charge < -0.3 is 14.7 Å². The highest BCUT2D eigenvalue weighted by Gasteiger charge is 2.21. The molecule has 1 aromatic carbocycles. The number of carbonyl (C=O) groups is 1. The van der Waals surface area contributed by atoms with Gasteiger partial charge in [-0.05, 0) is 42.1 Å². The Balaban J connectivity index is 1.62. The van der Waals surface area contributed by atoms with E-state index in [-0.39, 0.29) is 11.8 Å². The Labute approximate surface area is 149 Å². The molecular formula is C20H18N2O2S. The summed E-state index contributed by atoms with van der Waals surface area (Å²) in [4.78, 5) is 16.9. The van der Waals surface area contributed by atoms with E-state index in [2.05, 4.69) is 33.9 Å². The van der Waals surface area contributed by atoms with Gasteiger partial charge in [0.05, 0.1) is 0 Å². The van der Waals surface area contributed by atoms with Gasteiger partial charge in [-0.15, -0.1) is 11.3 Å². The predicted octanol–water partition coefficient (Wildman–Crippen LogP) is 4.69. The van der Waals surface area contributed by atoms with Crippen molar-refractivity contribution < 1.29 is 9.21 Å². The lowest BCUT2D eigenvalue weighted by Gasteiger charge is -2.16. The quantitative estimate of drug-likeness (QED) is 0.548. The fraction of sp³-hybridized carbons (Fsp3) is 0.150. The second-order valence-electron chi connectivity index (χ2n) is 5.98. The predicted molar refractivity (Wildman–Crippen MR) is 100 cm³/mol. The highest BCUT2D eigenvalue weighted by atomic mass is 32.1. The van der Waals surface area contributed by atoms with Crippen LogP contribution in [0.4, 0.5) is 0 Å². The van der Waals surface area contributed by atoms with E-state index in [1.165, 1.54) is 15.8 Å². The third kappa shape index (κ3) is 3.10. The first-order valence-corrected chi connectivity index (χ1v) is 9.04. The van der Waals surface area contributed by atoms with Crippen LogP contribution in [0.2, 0.25) is 0 Å². The molecular weight excluding hydrogens is 332 g/mol. The lowest BCUT2D eigenvalue weighted by molar-refractivity contribution is 0.0923. The summed E-state index contributed by atoms with van der Waals surface area (Å²) in [7, 11) is 0. The number of carbonyl (C=O) groups excluding carboxylic acids is 1. The molecule has 2 N–H and O–H groups in total. The van der Waals surface area contributed by atoms with E-state index in [9.17, 15) is 4.79 Å². The van der Waals surface area contributed by atoms with Gasteiger partial charge in [-0.1, -0.05) is 24.3 Å². The van der Waals surface area contributed by atoms with Crippen molar-refractivity contribution in [3.8, 4) is 0 Å². The van der Waals surface area contributed by atoms with Crippen LogP contribution < -0.4 is 5.32 Å². The molecule has 0 saturated heterocycles. The molecule has 126 valence electrons. The van der Waals surface area contributed by atoms with Gasteiger partial charge in [0.15, 0.2) is 5.76 Å². The number of nitrogens with one attached hydrogen (secondary N) is 2. The molecule has 4 aromatic rings. The standard InChI is InChI=1S/C20H18N2O2S/c1-13-8-9-18(24-13)20(23)22-12-16(19-7-4-10-25-19)15-11-21-17-6-3-2-5-14(15)17/h2-11,16,21H,12H2,1H3,(H,22,23)/t16-/m1/s1. The van der Waals surface area contributed by atoms with Crippen LogP contribution in [-0.2, 0) is 0 Å². The number of benzene rings is 1. The summed E-state index contributed by atoms with van der Waals surface area (Å²) in [6, 6.07) is 15.9. The minimum absolute atomic E-state index is 0.0937. The van der Waals surface area contributed by atoms with Gasteiger partial charge in [-0.2, -0.15) is 0 Å². The summed E-state index contributed by atoms with van der Waals surface area (Å²) in [5, 5.41) is 6.26. The van der Waals surface area contributed by atoms with E-state index < -0.39 is 0 Å². The third-order valence-corrected chi connectivity index (χ3v) is 5.30. The van der Waals surface area contributed by atoms with Crippen molar-refractivity contribution in [3.63, 3.8) is 0 Å². The average Bonchev–Trinajstić information content (AvgIpc) is 3.36. The first-order valence-electron chi connectivity index (χ1n) is 8.16. The molecule has 0 saturated carbocycles. The number of thiophene rings is 1. The zero-order valence-electron chi connectivity index (χ0n) is 13.8. The second kappa shape index (κ2) is 6.61. The molecule has 0 aliphatic carbocycles. The summed E-state index contributed by atoms with van der Waals surface area (Å²) in [6.45, 7) is 2.35. The Morgan fingerprint density at radius 2 is 2.08 bits per heavy atom. The molecule has 1 atom stereocenters. The Morgan fingerprint density at radius 3 is 2.84 bits per heavy atom. The van der Waals surface area contributed by atoms with E-state index in [4.69, 9.17) is 4.42 Å². The van der Waals surface area contributed by atoms with E-state index in [1.54, 1.807) is 23.5 Å². The summed E-state index contributed by atoms with van der Waals surface area (Å²) < 4.78 is 5.41. The molecule has 0 unspecified atom stereocenters. The van der Waals surface area contributed by atoms with Crippen LogP contribution in [0.3, 0.4) is 0 Å². The van der Waals surface area contributed by atoms with Crippen LogP contribution in [-0.4, -0.2) is 17.4 Å². The van der Waals surface area contributed by atoms with Crippen LogP contribution in [0.15, 0.2) is 64.5 Å². The molecule has 0 spiro atoms. The Hall–Kier alpha value is -2.79. The Kier molecular flexibility index (Phi) is 4.15. The molecule has 0 fully saturated rings. The molecule has 0 radical (unpaired) electrons. The normalized spacial score (nSPS) is 12.4. The van der Waals surface area contributed by atoms with Crippen LogP contribution in [0.25, 0.3) is 10.9 Å². The lowest BCUT2D eigenvalue weighted by Crippen LogP contribution is -2.28. The van der Waals surface area contributed by atoms with Gasteiger partial charge in [-0.3, -0.25) is 4.79 Å². The zero-order valence-corrected chi connectivity index (χ0v) is 14.6. The van der Waals surface area contributed by atoms with Gasteiger partial charge in [-0.25, -0.2) is 0 Å². The first-order chi connectivity index (χ1) is 12.2. The molecule has 4 rings (SSSR count). The molecule has 4 nitrogen and oxygen atoms in total. The van der Waals surface area contributed by atoms with Crippen molar-refractivity contribution >= 4 is 28.1 Å². The molecule has 3 aromatic heterocycles. The van der Waals surface area contributed by atoms with Crippen LogP contribution >= 0.6 is 11.3 Å². The molecule has 25 heavy (non-hydrogen) atoms. The van der Waals surface area contributed by atoms with E-state index in [0.717, 1.165) is 11.3 Å². The number of amides is 1. The molecule has 5 heteroatoms. The molecule has 0 aliphatic rings. The van der Waals surface area contributed by atoms with Gasteiger partial charge in [0.2, 0.25) is 0 Å². The Morgan fingerprint density at radius 1 is 1.20 bits per heavy atom. The number of rotatable bonds is 5. The zero-order chi connectivity index (χ0) is 17.2.